The molecule has 0 fully saturated rings. The molecule has 0 radical (unpaired) electrons. The molecule has 0 aliphatic carbocycles. The zero-order valence-corrected chi connectivity index (χ0v) is 8.86. The Bertz CT molecular complexity index is 404. The quantitative estimate of drug-likeness (QED) is 0.735. The van der Waals surface area contributed by atoms with Crippen molar-refractivity contribution < 1.29 is 9.53 Å². The minimum Gasteiger partial charge on any atom is -0.477 e. The van der Waals surface area contributed by atoms with Crippen LogP contribution in [0.4, 0.5) is 5.69 Å². The number of hydrogen-bond acceptors (Lipinski definition) is 3. The highest BCUT2D eigenvalue weighted by Gasteiger charge is 2.30. The topological polar surface area (TPSA) is 55.6 Å². The van der Waals surface area contributed by atoms with E-state index >= 15 is 0 Å². The average Bonchev–Trinajstić information content (AvgIpc) is 2.24. The van der Waals surface area contributed by atoms with Gasteiger partial charge in [-0.25, -0.2) is 0 Å². The fourth-order valence-electron chi connectivity index (χ4n) is 1.68. The highest BCUT2D eigenvalue weighted by molar-refractivity contribution is 5.99. The van der Waals surface area contributed by atoms with Crippen LogP contribution in [0.3, 0.4) is 0 Å². The molecule has 1 aromatic rings. The van der Waals surface area contributed by atoms with Gasteiger partial charge in [-0.05, 0) is 24.6 Å². The second-order valence-corrected chi connectivity index (χ2v) is 3.71. The number of fused-ring (bicyclic) bond motifs is 1. The van der Waals surface area contributed by atoms with E-state index in [-0.39, 0.29) is 12.5 Å². The van der Waals surface area contributed by atoms with E-state index in [2.05, 4.69) is 0 Å². The summed E-state index contributed by atoms with van der Waals surface area (Å²) in [6.45, 7) is 2.18. The number of amides is 1. The van der Waals surface area contributed by atoms with Crippen LogP contribution in [0.1, 0.15) is 5.56 Å². The molecule has 1 amide bonds. The Kier molecular flexibility index (Phi) is 2.36. The molecule has 2 rings (SSSR count). The lowest BCUT2D eigenvalue weighted by Crippen LogP contribution is -2.47. The molecule has 4 nitrogen and oxygen atoms in total. The van der Waals surface area contributed by atoms with Crippen LogP contribution in [0.15, 0.2) is 18.2 Å². The van der Waals surface area contributed by atoms with E-state index in [1.165, 1.54) is 0 Å². The van der Waals surface area contributed by atoms with Gasteiger partial charge in [0.05, 0.1) is 5.69 Å². The Morgan fingerprint density at radius 2 is 2.27 bits per heavy atom. The summed E-state index contributed by atoms with van der Waals surface area (Å²) in [6, 6.07) is 5.76. The maximum Gasteiger partial charge on any atom is 0.269 e. The molecule has 0 saturated carbocycles. The van der Waals surface area contributed by atoms with Crippen molar-refractivity contribution in [3.63, 3.8) is 0 Å². The lowest BCUT2D eigenvalue weighted by atomic mass is 10.1. The van der Waals surface area contributed by atoms with E-state index in [1.807, 2.05) is 25.1 Å². The fraction of sp³-hybridized carbons (Fsp3) is 0.364. The first kappa shape index (κ1) is 9.98. The number of hydrogen-bond donors (Lipinski definition) is 1. The molecule has 1 aromatic carbocycles. The first-order valence-electron chi connectivity index (χ1n) is 4.88. The van der Waals surface area contributed by atoms with Crippen LogP contribution in [0.2, 0.25) is 0 Å². The molecule has 0 aromatic heterocycles. The zero-order chi connectivity index (χ0) is 11.0. The maximum atomic E-state index is 11.8. The van der Waals surface area contributed by atoms with Crippen molar-refractivity contribution in [1.29, 1.82) is 0 Å². The van der Waals surface area contributed by atoms with Crippen molar-refractivity contribution >= 4 is 11.6 Å². The number of rotatable bonds is 1. The smallest absolute Gasteiger partial charge is 0.269 e. The summed E-state index contributed by atoms with van der Waals surface area (Å²) >= 11 is 0. The number of benzene rings is 1. The minimum absolute atomic E-state index is 0.0874. The third-order valence-electron chi connectivity index (χ3n) is 2.57. The molecular formula is C11H14N2O2. The Balaban J connectivity index is 2.45. The van der Waals surface area contributed by atoms with Crippen LogP contribution in [0.25, 0.3) is 0 Å². The van der Waals surface area contributed by atoms with Gasteiger partial charge >= 0.3 is 0 Å². The number of nitrogens with zero attached hydrogens (tertiary/aromatic N) is 1. The van der Waals surface area contributed by atoms with E-state index in [0.717, 1.165) is 17.0 Å². The highest BCUT2D eigenvalue weighted by Crippen LogP contribution is 2.33. The van der Waals surface area contributed by atoms with Gasteiger partial charge in [0.25, 0.3) is 5.91 Å². The summed E-state index contributed by atoms with van der Waals surface area (Å²) in [5.74, 6) is 0.633. The molecular weight excluding hydrogens is 192 g/mol. The summed E-state index contributed by atoms with van der Waals surface area (Å²) in [5.41, 5.74) is 7.38. The number of carbonyl (C=O) groups excluding carboxylic acids is 1. The Hall–Kier alpha value is -1.55. The number of likely N-dealkylation sites (N-methyl/N-ethyl adjacent to an activating group) is 1. The van der Waals surface area contributed by atoms with Gasteiger partial charge < -0.3 is 15.4 Å². The molecule has 0 spiro atoms. The fourth-order valence-corrected chi connectivity index (χ4v) is 1.68. The standard InChI is InChI=1S/C11H14N2O2/c1-7-3-4-9-8(5-7)13(2)11(14)10(6-12)15-9/h3-5,10H,6,12H2,1-2H3. The Labute approximate surface area is 88.6 Å². The van der Waals surface area contributed by atoms with Crippen molar-refractivity contribution in [2.24, 2.45) is 5.73 Å². The van der Waals surface area contributed by atoms with E-state index in [0.29, 0.717) is 0 Å². The lowest BCUT2D eigenvalue weighted by Gasteiger charge is -2.31. The molecule has 4 heteroatoms. The van der Waals surface area contributed by atoms with Gasteiger partial charge in [-0.1, -0.05) is 6.07 Å². The third-order valence-corrected chi connectivity index (χ3v) is 2.57. The number of ether oxygens (including phenoxy) is 1. The van der Waals surface area contributed by atoms with Crippen molar-refractivity contribution in [3.05, 3.63) is 23.8 Å². The second kappa shape index (κ2) is 3.55. The van der Waals surface area contributed by atoms with Gasteiger partial charge in [0.1, 0.15) is 5.75 Å². The van der Waals surface area contributed by atoms with E-state index in [9.17, 15) is 4.79 Å². The summed E-state index contributed by atoms with van der Waals surface area (Å²) in [5, 5.41) is 0. The van der Waals surface area contributed by atoms with Crippen LogP contribution >= 0.6 is 0 Å². The molecule has 1 unspecified atom stereocenters. The first-order valence-corrected chi connectivity index (χ1v) is 4.88. The second-order valence-electron chi connectivity index (χ2n) is 3.71. The predicted octanol–water partition coefficient (Wildman–Crippen LogP) is 0.678. The monoisotopic (exact) mass is 206 g/mol. The number of nitrogens with two attached hydrogens (primary N) is 1. The summed E-state index contributed by atoms with van der Waals surface area (Å²) in [7, 11) is 1.74. The van der Waals surface area contributed by atoms with Crippen LogP contribution in [-0.2, 0) is 4.79 Å². The summed E-state index contributed by atoms with van der Waals surface area (Å²) in [4.78, 5) is 13.4. The van der Waals surface area contributed by atoms with Gasteiger partial charge in [-0.3, -0.25) is 4.79 Å². The zero-order valence-electron chi connectivity index (χ0n) is 8.86. The minimum atomic E-state index is -0.551. The molecule has 1 aliphatic rings. The molecule has 2 N–H and O–H groups in total. The van der Waals surface area contributed by atoms with Gasteiger partial charge in [0, 0.05) is 13.6 Å². The van der Waals surface area contributed by atoms with E-state index < -0.39 is 6.10 Å². The van der Waals surface area contributed by atoms with E-state index in [4.69, 9.17) is 10.5 Å². The van der Waals surface area contributed by atoms with Gasteiger partial charge in [-0.15, -0.1) is 0 Å². The van der Waals surface area contributed by atoms with E-state index in [1.54, 1.807) is 11.9 Å². The molecule has 1 atom stereocenters. The predicted molar refractivity (Wildman–Crippen MR) is 58.1 cm³/mol. The van der Waals surface area contributed by atoms with Crippen molar-refractivity contribution in [3.8, 4) is 5.75 Å². The summed E-state index contributed by atoms with van der Waals surface area (Å²) in [6.07, 6.45) is -0.551. The SMILES string of the molecule is Cc1ccc2c(c1)N(C)C(=O)C(CN)O2. The molecule has 0 saturated heterocycles. The third kappa shape index (κ3) is 1.57. The number of anilines is 1. The highest BCUT2D eigenvalue weighted by atomic mass is 16.5. The van der Waals surface area contributed by atoms with Crippen LogP contribution in [0, 0.1) is 6.92 Å². The van der Waals surface area contributed by atoms with Gasteiger partial charge in [-0.2, -0.15) is 0 Å². The number of carbonyl (C=O) groups is 1. The van der Waals surface area contributed by atoms with Crippen LogP contribution in [-0.4, -0.2) is 25.6 Å². The van der Waals surface area contributed by atoms with Crippen molar-refractivity contribution in [1.82, 2.24) is 0 Å². The molecule has 80 valence electrons. The average molecular weight is 206 g/mol. The normalized spacial score (nSPS) is 19.8. The van der Waals surface area contributed by atoms with Crippen molar-refractivity contribution in [2.45, 2.75) is 13.0 Å². The number of aryl methyl sites for hydroxylation is 1. The maximum absolute atomic E-state index is 11.8. The molecule has 1 aliphatic heterocycles. The Morgan fingerprint density at radius 1 is 1.53 bits per heavy atom. The molecule has 1 heterocycles. The van der Waals surface area contributed by atoms with Crippen molar-refractivity contribution in [2.75, 3.05) is 18.5 Å². The first-order chi connectivity index (χ1) is 7.13. The summed E-state index contributed by atoms with van der Waals surface area (Å²) < 4.78 is 5.50. The van der Waals surface area contributed by atoms with Crippen LogP contribution in [0.5, 0.6) is 5.75 Å². The molecule has 0 bridgehead atoms. The van der Waals surface area contributed by atoms with Gasteiger partial charge in [0.15, 0.2) is 6.10 Å². The largest absolute Gasteiger partial charge is 0.477 e. The Morgan fingerprint density at radius 3 is 2.93 bits per heavy atom. The lowest BCUT2D eigenvalue weighted by molar-refractivity contribution is -0.125. The van der Waals surface area contributed by atoms with Crippen LogP contribution < -0.4 is 15.4 Å². The van der Waals surface area contributed by atoms with Gasteiger partial charge in [0.2, 0.25) is 0 Å². The molecule has 15 heavy (non-hydrogen) atoms.